The smallest absolute Gasteiger partial charge is 0.145 e. The van der Waals surface area contributed by atoms with E-state index in [0.717, 1.165) is 0 Å². The van der Waals surface area contributed by atoms with E-state index >= 15 is 0 Å². The third-order valence-corrected chi connectivity index (χ3v) is 3.12. The maximum Gasteiger partial charge on any atom is 0.145 e. The molecule has 3 nitrogen and oxygen atoms in total. The highest BCUT2D eigenvalue weighted by atomic mass is 35.5. The number of hydrogen-bond acceptors (Lipinski definition) is 3. The van der Waals surface area contributed by atoms with Gasteiger partial charge in [0, 0.05) is 11.3 Å². The molecule has 20 heavy (non-hydrogen) atoms. The summed E-state index contributed by atoms with van der Waals surface area (Å²) >= 11 is 6.13. The quantitative estimate of drug-likeness (QED) is 0.919. The monoisotopic (exact) mass is 290 g/mol. The SMILES string of the molecule is COc1cccc(Cl)c1C(C#N)Nc1cccc(F)c1. The van der Waals surface area contributed by atoms with Crippen molar-refractivity contribution in [3.05, 3.63) is 58.9 Å². The van der Waals surface area contributed by atoms with E-state index in [1.807, 2.05) is 0 Å². The summed E-state index contributed by atoms with van der Waals surface area (Å²) < 4.78 is 18.4. The highest BCUT2D eigenvalue weighted by Crippen LogP contribution is 2.33. The Bertz CT molecular complexity index is 655. The van der Waals surface area contributed by atoms with Crippen LogP contribution in [0.3, 0.4) is 0 Å². The fourth-order valence-corrected chi connectivity index (χ4v) is 2.16. The molecular formula is C15H12ClFN2O. The lowest BCUT2D eigenvalue weighted by Gasteiger charge is -2.17. The number of nitrogens with zero attached hydrogens (tertiary/aromatic N) is 1. The molecule has 0 amide bonds. The van der Waals surface area contributed by atoms with Crippen LogP contribution in [0.2, 0.25) is 5.02 Å². The van der Waals surface area contributed by atoms with E-state index in [1.54, 1.807) is 30.3 Å². The highest BCUT2D eigenvalue weighted by molar-refractivity contribution is 6.31. The first-order valence-corrected chi connectivity index (χ1v) is 6.27. The van der Waals surface area contributed by atoms with Gasteiger partial charge < -0.3 is 10.1 Å². The van der Waals surface area contributed by atoms with Gasteiger partial charge in [-0.3, -0.25) is 0 Å². The van der Waals surface area contributed by atoms with Crippen molar-refractivity contribution in [3.8, 4) is 11.8 Å². The summed E-state index contributed by atoms with van der Waals surface area (Å²) in [6, 6.07) is 12.4. The van der Waals surface area contributed by atoms with Gasteiger partial charge in [0.2, 0.25) is 0 Å². The van der Waals surface area contributed by atoms with Crippen LogP contribution in [0.5, 0.6) is 5.75 Å². The second-order valence-corrected chi connectivity index (χ2v) is 4.48. The van der Waals surface area contributed by atoms with Crippen LogP contribution in [0, 0.1) is 17.1 Å². The van der Waals surface area contributed by atoms with Gasteiger partial charge in [0.15, 0.2) is 0 Å². The summed E-state index contributed by atoms with van der Waals surface area (Å²) in [6.07, 6.45) is 0. The molecule has 102 valence electrons. The molecule has 2 aromatic carbocycles. The Morgan fingerprint density at radius 3 is 2.70 bits per heavy atom. The molecule has 0 heterocycles. The van der Waals surface area contributed by atoms with Gasteiger partial charge in [-0.25, -0.2) is 4.39 Å². The van der Waals surface area contributed by atoms with Gasteiger partial charge in [0.05, 0.1) is 18.2 Å². The van der Waals surface area contributed by atoms with Crippen molar-refractivity contribution in [1.29, 1.82) is 5.26 Å². The fourth-order valence-electron chi connectivity index (χ4n) is 1.89. The number of benzene rings is 2. The van der Waals surface area contributed by atoms with Gasteiger partial charge in [-0.15, -0.1) is 0 Å². The second kappa shape index (κ2) is 6.27. The maximum atomic E-state index is 13.2. The van der Waals surface area contributed by atoms with Crippen molar-refractivity contribution in [2.45, 2.75) is 6.04 Å². The Morgan fingerprint density at radius 1 is 1.30 bits per heavy atom. The lowest BCUT2D eigenvalue weighted by atomic mass is 10.1. The van der Waals surface area contributed by atoms with Crippen LogP contribution in [-0.4, -0.2) is 7.11 Å². The first kappa shape index (κ1) is 14.2. The number of halogens is 2. The van der Waals surface area contributed by atoms with E-state index in [2.05, 4.69) is 11.4 Å². The molecule has 1 unspecified atom stereocenters. The molecule has 1 atom stereocenters. The topological polar surface area (TPSA) is 45.0 Å². The zero-order valence-corrected chi connectivity index (χ0v) is 11.5. The van der Waals surface area contributed by atoms with Gasteiger partial charge in [-0.05, 0) is 30.3 Å². The second-order valence-electron chi connectivity index (χ2n) is 4.07. The minimum absolute atomic E-state index is 0.377. The first-order valence-electron chi connectivity index (χ1n) is 5.90. The van der Waals surface area contributed by atoms with Crippen LogP contribution < -0.4 is 10.1 Å². The van der Waals surface area contributed by atoms with Gasteiger partial charge >= 0.3 is 0 Å². The highest BCUT2D eigenvalue weighted by Gasteiger charge is 2.19. The number of ether oxygens (including phenoxy) is 1. The molecule has 0 aromatic heterocycles. The molecule has 0 fully saturated rings. The van der Waals surface area contributed by atoms with E-state index in [0.29, 0.717) is 22.0 Å². The average Bonchev–Trinajstić information content (AvgIpc) is 2.45. The molecule has 5 heteroatoms. The molecule has 0 saturated carbocycles. The number of anilines is 1. The Labute approximate surface area is 121 Å². The normalized spacial score (nSPS) is 11.5. The van der Waals surface area contributed by atoms with Crippen LogP contribution in [0.4, 0.5) is 10.1 Å². The Morgan fingerprint density at radius 2 is 2.05 bits per heavy atom. The molecule has 2 rings (SSSR count). The summed E-state index contributed by atoms with van der Waals surface area (Å²) in [5, 5.41) is 12.7. The fraction of sp³-hybridized carbons (Fsp3) is 0.133. The summed E-state index contributed by atoms with van der Waals surface area (Å²) in [7, 11) is 1.51. The third-order valence-electron chi connectivity index (χ3n) is 2.79. The number of methoxy groups -OCH3 is 1. The molecule has 1 N–H and O–H groups in total. The van der Waals surface area contributed by atoms with E-state index in [9.17, 15) is 9.65 Å². The summed E-state index contributed by atoms with van der Waals surface area (Å²) in [4.78, 5) is 0. The average molecular weight is 291 g/mol. The predicted molar refractivity (Wildman–Crippen MR) is 76.4 cm³/mol. The van der Waals surface area contributed by atoms with Crippen molar-refractivity contribution in [3.63, 3.8) is 0 Å². The summed E-state index contributed by atoms with van der Waals surface area (Å²) in [6.45, 7) is 0. The Kier molecular flexibility index (Phi) is 4.44. The summed E-state index contributed by atoms with van der Waals surface area (Å²) in [5.41, 5.74) is 1.03. The zero-order valence-electron chi connectivity index (χ0n) is 10.7. The van der Waals surface area contributed by atoms with Gasteiger partial charge in [-0.1, -0.05) is 23.7 Å². The molecule has 0 saturated heterocycles. The standard InChI is InChI=1S/C15H12ClFN2O/c1-20-14-7-3-6-12(16)15(14)13(9-18)19-11-5-2-4-10(17)8-11/h2-8,13,19H,1H3. The zero-order chi connectivity index (χ0) is 14.5. The molecule has 0 spiro atoms. The molecule has 2 aromatic rings. The van der Waals surface area contributed by atoms with Crippen LogP contribution in [0.25, 0.3) is 0 Å². The van der Waals surface area contributed by atoms with Crippen LogP contribution >= 0.6 is 11.6 Å². The van der Waals surface area contributed by atoms with E-state index in [1.165, 1.54) is 19.2 Å². The number of nitrogens with one attached hydrogen (secondary N) is 1. The maximum absolute atomic E-state index is 13.2. The summed E-state index contributed by atoms with van der Waals surface area (Å²) in [5.74, 6) is 0.130. The van der Waals surface area contributed by atoms with Crippen molar-refractivity contribution < 1.29 is 9.13 Å². The molecule has 0 aliphatic heterocycles. The largest absolute Gasteiger partial charge is 0.496 e. The van der Waals surface area contributed by atoms with Crippen molar-refractivity contribution in [2.75, 3.05) is 12.4 Å². The van der Waals surface area contributed by atoms with Crippen LogP contribution in [-0.2, 0) is 0 Å². The number of hydrogen-bond donors (Lipinski definition) is 1. The first-order chi connectivity index (χ1) is 9.65. The molecule has 0 radical (unpaired) electrons. The Balaban J connectivity index is 2.37. The minimum Gasteiger partial charge on any atom is -0.496 e. The molecular weight excluding hydrogens is 279 g/mol. The Hall–Kier alpha value is -2.25. The molecule has 0 aliphatic rings. The molecule has 0 bridgehead atoms. The van der Waals surface area contributed by atoms with Gasteiger partial charge in [-0.2, -0.15) is 5.26 Å². The van der Waals surface area contributed by atoms with Crippen molar-refractivity contribution in [1.82, 2.24) is 0 Å². The van der Waals surface area contributed by atoms with E-state index in [-0.39, 0.29) is 5.82 Å². The molecule has 0 aliphatic carbocycles. The number of nitriles is 1. The van der Waals surface area contributed by atoms with Crippen molar-refractivity contribution >= 4 is 17.3 Å². The minimum atomic E-state index is -0.736. The van der Waals surface area contributed by atoms with Crippen LogP contribution in [0.1, 0.15) is 11.6 Å². The lowest BCUT2D eigenvalue weighted by molar-refractivity contribution is 0.409. The van der Waals surface area contributed by atoms with Gasteiger partial charge in [0.25, 0.3) is 0 Å². The number of rotatable bonds is 4. The lowest BCUT2D eigenvalue weighted by Crippen LogP contribution is -2.10. The van der Waals surface area contributed by atoms with Crippen LogP contribution in [0.15, 0.2) is 42.5 Å². The van der Waals surface area contributed by atoms with Gasteiger partial charge in [0.1, 0.15) is 17.6 Å². The predicted octanol–water partition coefficient (Wildman–Crippen LogP) is 4.16. The van der Waals surface area contributed by atoms with Crippen molar-refractivity contribution in [2.24, 2.45) is 0 Å². The van der Waals surface area contributed by atoms with E-state index < -0.39 is 6.04 Å². The van der Waals surface area contributed by atoms with E-state index in [4.69, 9.17) is 16.3 Å². The third kappa shape index (κ3) is 3.01.